The summed E-state index contributed by atoms with van der Waals surface area (Å²) in [5.74, 6) is -0.948. The molecule has 2 aromatic heterocycles. The number of hydrogen-bond donors (Lipinski definition) is 2. The van der Waals surface area contributed by atoms with Crippen LogP contribution in [0.25, 0.3) is 28.1 Å². The SMILES string of the molecule is CC/C(=C(/c1ccc(/C=C/C(=O)O)cc1)c1ccc2n[nH]c(F)c2c1)c1cnc(OC)cc1C. The lowest BCUT2D eigenvalue weighted by molar-refractivity contribution is -0.131. The summed E-state index contributed by atoms with van der Waals surface area (Å²) in [4.78, 5) is 15.3. The molecule has 7 heteroatoms. The molecule has 0 saturated heterocycles. The van der Waals surface area contributed by atoms with Crippen LogP contribution in [0.2, 0.25) is 0 Å². The number of methoxy groups -OCH3 is 1. The summed E-state index contributed by atoms with van der Waals surface area (Å²) in [6.45, 7) is 4.07. The summed E-state index contributed by atoms with van der Waals surface area (Å²) >= 11 is 0. The number of nitrogens with zero attached hydrogens (tertiary/aromatic N) is 2. The summed E-state index contributed by atoms with van der Waals surface area (Å²) < 4.78 is 19.6. The van der Waals surface area contributed by atoms with Crippen LogP contribution in [0.5, 0.6) is 5.88 Å². The monoisotopic (exact) mass is 457 g/mol. The average molecular weight is 458 g/mol. The first-order valence-electron chi connectivity index (χ1n) is 10.8. The predicted molar refractivity (Wildman–Crippen MR) is 131 cm³/mol. The van der Waals surface area contributed by atoms with Crippen molar-refractivity contribution >= 4 is 34.1 Å². The van der Waals surface area contributed by atoms with Gasteiger partial charge in [-0.05, 0) is 70.5 Å². The second-order valence-corrected chi connectivity index (χ2v) is 7.81. The van der Waals surface area contributed by atoms with Crippen molar-refractivity contribution in [2.45, 2.75) is 20.3 Å². The predicted octanol–water partition coefficient (Wildman–Crippen LogP) is 5.88. The number of carboxylic acids is 1. The number of fused-ring (bicyclic) bond motifs is 1. The summed E-state index contributed by atoms with van der Waals surface area (Å²) in [7, 11) is 1.58. The fourth-order valence-corrected chi connectivity index (χ4v) is 4.04. The highest BCUT2D eigenvalue weighted by molar-refractivity contribution is 6.01. The van der Waals surface area contributed by atoms with E-state index in [4.69, 9.17) is 9.84 Å². The zero-order valence-corrected chi connectivity index (χ0v) is 19.1. The number of halogens is 1. The number of rotatable bonds is 7. The summed E-state index contributed by atoms with van der Waals surface area (Å²) in [6.07, 6.45) is 5.15. The van der Waals surface area contributed by atoms with E-state index in [1.54, 1.807) is 31.5 Å². The third-order valence-electron chi connectivity index (χ3n) is 5.69. The second-order valence-electron chi connectivity index (χ2n) is 7.81. The number of aliphatic carboxylic acids is 1. The van der Waals surface area contributed by atoms with E-state index < -0.39 is 11.9 Å². The topological polar surface area (TPSA) is 88.1 Å². The average Bonchev–Trinajstić information content (AvgIpc) is 3.22. The van der Waals surface area contributed by atoms with Crippen molar-refractivity contribution in [3.63, 3.8) is 0 Å². The molecule has 0 aliphatic carbocycles. The Kier molecular flexibility index (Phi) is 6.54. The molecule has 0 aliphatic heterocycles. The van der Waals surface area contributed by atoms with Crippen LogP contribution in [0, 0.1) is 12.9 Å². The van der Waals surface area contributed by atoms with Crippen LogP contribution in [-0.4, -0.2) is 33.4 Å². The van der Waals surface area contributed by atoms with E-state index >= 15 is 0 Å². The minimum atomic E-state index is -1.00. The maximum absolute atomic E-state index is 14.3. The Morgan fingerprint density at radius 2 is 1.88 bits per heavy atom. The fraction of sp³-hybridized carbons (Fsp3) is 0.148. The lowest BCUT2D eigenvalue weighted by Crippen LogP contribution is -1.99. The lowest BCUT2D eigenvalue weighted by Gasteiger charge is -2.18. The number of allylic oxidation sites excluding steroid dienone is 1. The van der Waals surface area contributed by atoms with Crippen molar-refractivity contribution in [3.05, 3.63) is 94.6 Å². The van der Waals surface area contributed by atoms with Crippen LogP contribution in [-0.2, 0) is 4.79 Å². The molecule has 0 unspecified atom stereocenters. The van der Waals surface area contributed by atoms with E-state index in [0.717, 1.165) is 45.0 Å². The van der Waals surface area contributed by atoms with Crippen LogP contribution in [0.3, 0.4) is 0 Å². The van der Waals surface area contributed by atoms with Gasteiger partial charge >= 0.3 is 5.97 Å². The summed E-state index contributed by atoms with van der Waals surface area (Å²) in [6, 6.07) is 15.0. The van der Waals surface area contributed by atoms with Gasteiger partial charge in [0.2, 0.25) is 11.8 Å². The van der Waals surface area contributed by atoms with Crippen molar-refractivity contribution in [3.8, 4) is 5.88 Å². The number of pyridine rings is 1. The molecule has 0 aliphatic rings. The van der Waals surface area contributed by atoms with Gasteiger partial charge in [-0.15, -0.1) is 0 Å². The first-order valence-corrected chi connectivity index (χ1v) is 10.8. The quantitative estimate of drug-likeness (QED) is 0.338. The summed E-state index contributed by atoms with van der Waals surface area (Å²) in [5.41, 5.74) is 7.05. The standard InChI is InChI=1S/C27H24FN3O3/c1-4-20(22-15-29-24(34-3)13-16(22)2)26(18-8-5-17(6-9-18)7-12-25(32)33)19-10-11-23-21(14-19)27(28)31-30-23/h5-15H,4H2,1-3H3,(H,30,31)(H,32,33)/b12-7+,26-20+. The first-order chi connectivity index (χ1) is 16.4. The van der Waals surface area contributed by atoms with Crippen molar-refractivity contribution < 1.29 is 19.0 Å². The maximum Gasteiger partial charge on any atom is 0.328 e. The number of carboxylic acid groups (broad SMARTS) is 1. The van der Waals surface area contributed by atoms with Gasteiger partial charge in [-0.3, -0.25) is 5.10 Å². The molecule has 2 aromatic carbocycles. The van der Waals surface area contributed by atoms with Gasteiger partial charge in [-0.25, -0.2) is 9.78 Å². The third kappa shape index (κ3) is 4.59. The number of hydrogen-bond acceptors (Lipinski definition) is 4. The number of nitrogens with one attached hydrogen (secondary N) is 1. The lowest BCUT2D eigenvalue weighted by atomic mass is 9.86. The number of aryl methyl sites for hydroxylation is 1. The van der Waals surface area contributed by atoms with Crippen molar-refractivity contribution in [1.82, 2.24) is 15.2 Å². The van der Waals surface area contributed by atoms with E-state index in [1.165, 1.54) is 0 Å². The van der Waals surface area contributed by atoms with E-state index in [0.29, 0.717) is 23.2 Å². The second kappa shape index (κ2) is 9.70. The van der Waals surface area contributed by atoms with Gasteiger partial charge in [0.25, 0.3) is 0 Å². The van der Waals surface area contributed by atoms with Crippen molar-refractivity contribution in [1.29, 1.82) is 0 Å². The Morgan fingerprint density at radius 3 is 2.53 bits per heavy atom. The largest absolute Gasteiger partial charge is 0.481 e. The van der Waals surface area contributed by atoms with E-state index in [-0.39, 0.29) is 0 Å². The Labute approximate surface area is 196 Å². The van der Waals surface area contributed by atoms with Crippen LogP contribution < -0.4 is 4.74 Å². The minimum absolute atomic E-state index is 0.413. The molecule has 0 spiro atoms. The molecule has 4 aromatic rings. The van der Waals surface area contributed by atoms with Gasteiger partial charge in [0.15, 0.2) is 0 Å². The molecular weight excluding hydrogens is 433 g/mol. The molecule has 2 N–H and O–H groups in total. The molecule has 0 radical (unpaired) electrons. The Morgan fingerprint density at radius 1 is 1.15 bits per heavy atom. The van der Waals surface area contributed by atoms with Crippen LogP contribution in [0.4, 0.5) is 4.39 Å². The van der Waals surface area contributed by atoms with Crippen molar-refractivity contribution in [2.24, 2.45) is 0 Å². The van der Waals surface area contributed by atoms with Gasteiger partial charge in [-0.1, -0.05) is 37.3 Å². The van der Waals surface area contributed by atoms with Gasteiger partial charge in [-0.2, -0.15) is 9.49 Å². The Hall–Kier alpha value is -4.26. The van der Waals surface area contributed by atoms with Crippen LogP contribution in [0.15, 0.2) is 60.8 Å². The molecule has 4 rings (SSSR count). The van der Waals surface area contributed by atoms with Crippen molar-refractivity contribution in [2.75, 3.05) is 7.11 Å². The van der Waals surface area contributed by atoms with Crippen LogP contribution >= 0.6 is 0 Å². The number of aromatic nitrogens is 3. The third-order valence-corrected chi connectivity index (χ3v) is 5.69. The first kappa shape index (κ1) is 22.9. The van der Waals surface area contributed by atoms with Gasteiger partial charge < -0.3 is 9.84 Å². The maximum atomic E-state index is 14.3. The molecular formula is C27H24FN3O3. The van der Waals surface area contributed by atoms with E-state index in [2.05, 4.69) is 22.1 Å². The Bertz CT molecular complexity index is 1420. The molecule has 0 amide bonds. The molecule has 6 nitrogen and oxygen atoms in total. The zero-order valence-electron chi connectivity index (χ0n) is 19.1. The van der Waals surface area contributed by atoms with E-state index in [1.807, 2.05) is 43.3 Å². The number of ether oxygens (including phenoxy) is 1. The van der Waals surface area contributed by atoms with E-state index in [9.17, 15) is 9.18 Å². The molecule has 0 saturated carbocycles. The molecule has 172 valence electrons. The molecule has 0 fully saturated rings. The summed E-state index contributed by atoms with van der Waals surface area (Å²) in [5, 5.41) is 15.7. The number of H-pyrrole nitrogens is 1. The Balaban J connectivity index is 1.95. The normalized spacial score (nSPS) is 12.2. The minimum Gasteiger partial charge on any atom is -0.481 e. The fourth-order valence-electron chi connectivity index (χ4n) is 4.04. The number of carbonyl (C=O) groups is 1. The smallest absolute Gasteiger partial charge is 0.328 e. The molecule has 2 heterocycles. The van der Waals surface area contributed by atoms with Gasteiger partial charge in [0.1, 0.15) is 0 Å². The number of benzene rings is 2. The molecule has 0 bridgehead atoms. The molecule has 0 atom stereocenters. The molecule has 34 heavy (non-hydrogen) atoms. The van der Waals surface area contributed by atoms with Gasteiger partial charge in [0.05, 0.1) is 18.0 Å². The highest BCUT2D eigenvalue weighted by atomic mass is 19.1. The highest BCUT2D eigenvalue weighted by Crippen LogP contribution is 2.37. The van der Waals surface area contributed by atoms with Crippen LogP contribution in [0.1, 0.15) is 41.2 Å². The van der Waals surface area contributed by atoms with Gasteiger partial charge in [0, 0.05) is 18.3 Å². The zero-order chi connectivity index (χ0) is 24.2. The highest BCUT2D eigenvalue weighted by Gasteiger charge is 2.17. The number of aromatic amines is 1.